The lowest BCUT2D eigenvalue weighted by molar-refractivity contribution is -0.137. The van der Waals surface area contributed by atoms with Crippen molar-refractivity contribution in [3.05, 3.63) is 65.2 Å². The highest BCUT2D eigenvalue weighted by Crippen LogP contribution is 2.31. The Morgan fingerprint density at radius 2 is 1.56 bits per heavy atom. The van der Waals surface area contributed by atoms with Gasteiger partial charge < -0.3 is 21.1 Å². The second-order valence-corrected chi connectivity index (χ2v) is 5.61. The summed E-state index contributed by atoms with van der Waals surface area (Å²) in [6, 6.07) is 9.59. The van der Waals surface area contributed by atoms with Crippen molar-refractivity contribution in [1.82, 2.24) is 10.6 Å². The fraction of sp³-hybridized carbons (Fsp3) is 0.222. The predicted molar refractivity (Wildman–Crippen MR) is 92.0 cm³/mol. The first kappa shape index (κ1) is 20.1. The number of nitrogens with two attached hydrogens (primary N) is 1. The van der Waals surface area contributed by atoms with E-state index in [9.17, 15) is 22.8 Å². The van der Waals surface area contributed by atoms with Gasteiger partial charge in [-0.3, -0.25) is 4.79 Å². The van der Waals surface area contributed by atoms with E-state index in [2.05, 4.69) is 10.6 Å². The van der Waals surface area contributed by atoms with Crippen LogP contribution in [0.1, 0.15) is 22.7 Å². The van der Waals surface area contributed by atoms with Crippen molar-refractivity contribution < 1.29 is 27.5 Å². The van der Waals surface area contributed by atoms with Crippen LogP contribution in [0.25, 0.3) is 0 Å². The largest absolute Gasteiger partial charge is 0.497 e. The molecular formula is C18H18F3N3O3. The van der Waals surface area contributed by atoms with E-state index in [0.717, 1.165) is 12.1 Å². The van der Waals surface area contributed by atoms with E-state index in [-0.39, 0.29) is 6.54 Å². The van der Waals surface area contributed by atoms with Crippen molar-refractivity contribution in [2.45, 2.75) is 12.2 Å². The number of nitrogens with one attached hydrogen (secondary N) is 2. The van der Waals surface area contributed by atoms with Gasteiger partial charge in [-0.05, 0) is 35.4 Å². The third-order valence-electron chi connectivity index (χ3n) is 3.75. The molecule has 0 aliphatic rings. The van der Waals surface area contributed by atoms with Crippen molar-refractivity contribution in [2.24, 2.45) is 5.73 Å². The number of halogens is 3. The minimum absolute atomic E-state index is 0.359. The molecule has 9 heteroatoms. The van der Waals surface area contributed by atoms with Crippen LogP contribution in [0.2, 0.25) is 0 Å². The lowest BCUT2D eigenvalue weighted by Gasteiger charge is -2.21. The Balaban J connectivity index is 2.30. The average Bonchev–Trinajstić information content (AvgIpc) is 2.64. The van der Waals surface area contributed by atoms with Crippen LogP contribution < -0.4 is 21.1 Å². The molecule has 2 aromatic carbocycles. The number of hydrogen-bond donors (Lipinski definition) is 3. The van der Waals surface area contributed by atoms with Crippen LogP contribution in [0.15, 0.2) is 48.5 Å². The molecule has 27 heavy (non-hydrogen) atoms. The Morgan fingerprint density at radius 1 is 1.04 bits per heavy atom. The number of primary amides is 1. The lowest BCUT2D eigenvalue weighted by Crippen LogP contribution is -2.40. The summed E-state index contributed by atoms with van der Waals surface area (Å²) in [6.45, 7) is -0.359. The van der Waals surface area contributed by atoms with Crippen LogP contribution >= 0.6 is 0 Å². The Hall–Kier alpha value is -3.23. The van der Waals surface area contributed by atoms with Crippen molar-refractivity contribution in [2.75, 3.05) is 13.7 Å². The Kier molecular flexibility index (Phi) is 6.27. The van der Waals surface area contributed by atoms with Crippen LogP contribution in [0.4, 0.5) is 18.0 Å². The van der Waals surface area contributed by atoms with Crippen LogP contribution in [-0.2, 0) is 11.0 Å². The molecule has 0 aromatic heterocycles. The van der Waals surface area contributed by atoms with E-state index in [1.54, 1.807) is 24.3 Å². The molecule has 0 heterocycles. The zero-order valence-corrected chi connectivity index (χ0v) is 14.3. The minimum atomic E-state index is -4.46. The third-order valence-corrected chi connectivity index (χ3v) is 3.75. The van der Waals surface area contributed by atoms with Crippen LogP contribution in [0.3, 0.4) is 0 Å². The van der Waals surface area contributed by atoms with Crippen molar-refractivity contribution in [3.8, 4) is 5.75 Å². The molecule has 0 radical (unpaired) electrons. The van der Waals surface area contributed by atoms with Gasteiger partial charge in [-0.1, -0.05) is 24.3 Å². The number of rotatable bonds is 6. The summed E-state index contributed by atoms with van der Waals surface area (Å²) in [4.78, 5) is 22.8. The number of hydrogen-bond acceptors (Lipinski definition) is 3. The predicted octanol–water partition coefficient (Wildman–Crippen LogP) is 2.59. The van der Waals surface area contributed by atoms with Gasteiger partial charge in [0, 0.05) is 0 Å². The molecular weight excluding hydrogens is 363 g/mol. The van der Waals surface area contributed by atoms with Gasteiger partial charge in [0.25, 0.3) is 0 Å². The van der Waals surface area contributed by atoms with Gasteiger partial charge in [0.2, 0.25) is 5.91 Å². The summed E-state index contributed by atoms with van der Waals surface area (Å²) >= 11 is 0. The van der Waals surface area contributed by atoms with E-state index in [4.69, 9.17) is 10.5 Å². The molecule has 0 saturated heterocycles. The van der Waals surface area contributed by atoms with Gasteiger partial charge in [-0.2, -0.15) is 13.2 Å². The van der Waals surface area contributed by atoms with E-state index in [0.29, 0.717) is 16.9 Å². The van der Waals surface area contributed by atoms with E-state index < -0.39 is 29.7 Å². The van der Waals surface area contributed by atoms with Gasteiger partial charge in [0.15, 0.2) is 0 Å². The maximum absolute atomic E-state index is 12.8. The standard InChI is InChI=1S/C18H18F3N3O3/c1-27-14-8-4-12(5-9-14)16(24-15(25)10-23-17(22)26)11-2-6-13(7-3-11)18(19,20)21/h2-9,16H,10H2,1H3,(H,24,25)(H3,22,23,26). The Morgan fingerprint density at radius 3 is 2.00 bits per heavy atom. The topological polar surface area (TPSA) is 93.4 Å². The number of benzene rings is 2. The molecule has 0 fully saturated rings. The van der Waals surface area contributed by atoms with Crippen LogP contribution in [0, 0.1) is 0 Å². The molecule has 0 aliphatic carbocycles. The average molecular weight is 381 g/mol. The van der Waals surface area contributed by atoms with Crippen molar-refractivity contribution >= 4 is 11.9 Å². The minimum Gasteiger partial charge on any atom is -0.497 e. The van der Waals surface area contributed by atoms with Gasteiger partial charge in [0.1, 0.15) is 5.75 Å². The number of methoxy groups -OCH3 is 1. The molecule has 2 aromatic rings. The van der Waals surface area contributed by atoms with Gasteiger partial charge in [-0.25, -0.2) is 4.79 Å². The van der Waals surface area contributed by atoms with Crippen molar-refractivity contribution in [1.29, 1.82) is 0 Å². The second-order valence-electron chi connectivity index (χ2n) is 5.61. The summed E-state index contributed by atoms with van der Waals surface area (Å²) in [6.07, 6.45) is -4.46. The molecule has 3 amide bonds. The monoisotopic (exact) mass is 381 g/mol. The summed E-state index contributed by atoms with van der Waals surface area (Å²) < 4.78 is 43.4. The van der Waals surface area contributed by atoms with Gasteiger partial charge in [0.05, 0.1) is 25.3 Å². The molecule has 0 aliphatic heterocycles. The fourth-order valence-electron chi connectivity index (χ4n) is 2.40. The Bertz CT molecular complexity index is 790. The summed E-state index contributed by atoms with van der Waals surface area (Å²) in [5.74, 6) is 0.0427. The van der Waals surface area contributed by atoms with E-state index in [1.807, 2.05) is 0 Å². The first-order chi connectivity index (χ1) is 12.7. The molecule has 4 N–H and O–H groups in total. The second kappa shape index (κ2) is 8.43. The van der Waals surface area contributed by atoms with Gasteiger partial charge in [-0.15, -0.1) is 0 Å². The normalized spacial score (nSPS) is 12.1. The van der Waals surface area contributed by atoms with E-state index >= 15 is 0 Å². The fourth-order valence-corrected chi connectivity index (χ4v) is 2.40. The smallest absolute Gasteiger partial charge is 0.416 e. The number of ether oxygens (including phenoxy) is 1. The van der Waals surface area contributed by atoms with Gasteiger partial charge >= 0.3 is 12.2 Å². The third kappa shape index (κ3) is 5.63. The number of amides is 3. The zero-order valence-electron chi connectivity index (χ0n) is 14.3. The maximum Gasteiger partial charge on any atom is 0.416 e. The first-order valence-electron chi connectivity index (χ1n) is 7.84. The molecule has 1 atom stereocenters. The summed E-state index contributed by atoms with van der Waals surface area (Å²) in [5.41, 5.74) is 5.22. The molecule has 2 rings (SSSR count). The van der Waals surface area contributed by atoms with Crippen molar-refractivity contribution in [3.63, 3.8) is 0 Å². The lowest BCUT2D eigenvalue weighted by atomic mass is 9.97. The highest BCUT2D eigenvalue weighted by atomic mass is 19.4. The zero-order chi connectivity index (χ0) is 20.0. The summed E-state index contributed by atoms with van der Waals surface area (Å²) in [5, 5.41) is 4.83. The number of carbonyl (C=O) groups excluding carboxylic acids is 2. The highest BCUT2D eigenvalue weighted by molar-refractivity contribution is 5.83. The van der Waals surface area contributed by atoms with E-state index in [1.165, 1.54) is 19.2 Å². The van der Waals surface area contributed by atoms with Crippen LogP contribution in [-0.4, -0.2) is 25.6 Å². The molecule has 0 saturated carbocycles. The SMILES string of the molecule is COc1ccc(C(NC(=O)CNC(N)=O)c2ccc(C(F)(F)F)cc2)cc1. The maximum atomic E-state index is 12.8. The highest BCUT2D eigenvalue weighted by Gasteiger charge is 2.30. The molecule has 144 valence electrons. The number of urea groups is 1. The molecule has 6 nitrogen and oxygen atoms in total. The number of alkyl halides is 3. The Labute approximate surface area is 153 Å². The molecule has 0 spiro atoms. The van der Waals surface area contributed by atoms with Crippen LogP contribution in [0.5, 0.6) is 5.75 Å². The molecule has 0 bridgehead atoms. The quantitative estimate of drug-likeness (QED) is 0.718. The summed E-state index contributed by atoms with van der Waals surface area (Å²) in [7, 11) is 1.50. The first-order valence-corrected chi connectivity index (χ1v) is 7.84. The number of carbonyl (C=O) groups is 2. The molecule has 1 unspecified atom stereocenters.